The van der Waals surface area contributed by atoms with Gasteiger partial charge in [0, 0.05) is 18.2 Å². The second-order valence-corrected chi connectivity index (χ2v) is 3.69. The Hall–Kier alpha value is -1.49. The predicted molar refractivity (Wildman–Crippen MR) is 51.7 cm³/mol. The predicted octanol–water partition coefficient (Wildman–Crippen LogP) is 1.20. The number of hydrogen-bond acceptors (Lipinski definition) is 4. The van der Waals surface area contributed by atoms with Crippen LogP contribution in [0.2, 0.25) is 0 Å². The van der Waals surface area contributed by atoms with Gasteiger partial charge in [0.05, 0.1) is 17.9 Å². The molecule has 1 aliphatic heterocycles. The van der Waals surface area contributed by atoms with Gasteiger partial charge in [-0.05, 0) is 13.8 Å². The first-order valence-electron chi connectivity index (χ1n) is 4.82. The summed E-state index contributed by atoms with van der Waals surface area (Å²) in [5, 5.41) is 8.76. The Morgan fingerprint density at radius 3 is 3.00 bits per heavy atom. The summed E-state index contributed by atoms with van der Waals surface area (Å²) in [4.78, 5) is 18.5. The fourth-order valence-electron chi connectivity index (χ4n) is 1.77. The molecular formula is C10H12N2O3. The highest BCUT2D eigenvalue weighted by Gasteiger charge is 2.24. The summed E-state index contributed by atoms with van der Waals surface area (Å²) in [6, 6.07) is 0. The van der Waals surface area contributed by atoms with Crippen molar-refractivity contribution in [1.29, 1.82) is 0 Å². The Kier molecular flexibility index (Phi) is 2.40. The van der Waals surface area contributed by atoms with Gasteiger partial charge < -0.3 is 9.84 Å². The number of fused-ring (bicyclic) bond motifs is 1. The Bertz CT molecular complexity index is 406. The van der Waals surface area contributed by atoms with Crippen LogP contribution in [-0.4, -0.2) is 27.1 Å². The molecule has 1 N–H and O–H groups in total. The van der Waals surface area contributed by atoms with E-state index >= 15 is 0 Å². The number of carboxylic acids is 1. The van der Waals surface area contributed by atoms with Crippen molar-refractivity contribution in [1.82, 2.24) is 9.97 Å². The molecule has 5 nitrogen and oxygen atoms in total. The lowest BCUT2D eigenvalue weighted by molar-refractivity contribution is -0.00641. The minimum Gasteiger partial charge on any atom is -0.475 e. The molecular weight excluding hydrogens is 196 g/mol. The van der Waals surface area contributed by atoms with Gasteiger partial charge in [-0.3, -0.25) is 0 Å². The second kappa shape index (κ2) is 3.58. The molecule has 0 radical (unpaired) electrons. The van der Waals surface area contributed by atoms with E-state index in [9.17, 15) is 4.79 Å². The van der Waals surface area contributed by atoms with E-state index in [-0.39, 0.29) is 18.0 Å². The first kappa shape index (κ1) is 10.0. The van der Waals surface area contributed by atoms with Gasteiger partial charge in [0.15, 0.2) is 0 Å². The van der Waals surface area contributed by atoms with Crippen molar-refractivity contribution in [3.8, 4) is 0 Å². The van der Waals surface area contributed by atoms with Crippen LogP contribution in [-0.2, 0) is 11.2 Å². The number of ether oxygens (including phenoxy) is 1. The highest BCUT2D eigenvalue weighted by Crippen LogP contribution is 2.27. The number of hydrogen-bond donors (Lipinski definition) is 1. The van der Waals surface area contributed by atoms with Crippen LogP contribution < -0.4 is 0 Å². The molecule has 5 heteroatoms. The molecule has 2 atom stereocenters. The first-order chi connectivity index (χ1) is 7.08. The number of carboxylic acid groups (broad SMARTS) is 1. The van der Waals surface area contributed by atoms with Gasteiger partial charge >= 0.3 is 5.97 Å². The maximum Gasteiger partial charge on any atom is 0.373 e. The number of aromatic nitrogens is 2. The molecule has 0 saturated heterocycles. The number of aromatic carboxylic acids is 1. The number of rotatable bonds is 1. The molecule has 0 amide bonds. The normalized spacial score (nSPS) is 24.7. The lowest BCUT2D eigenvalue weighted by atomic mass is 10.0. The van der Waals surface area contributed by atoms with Crippen molar-refractivity contribution >= 4 is 5.97 Å². The van der Waals surface area contributed by atoms with Crippen LogP contribution in [0.15, 0.2) is 6.20 Å². The van der Waals surface area contributed by atoms with Gasteiger partial charge in [0.1, 0.15) is 0 Å². The van der Waals surface area contributed by atoms with Crippen molar-refractivity contribution in [2.24, 2.45) is 0 Å². The number of nitrogens with zero attached hydrogens (tertiary/aromatic N) is 2. The van der Waals surface area contributed by atoms with Crippen LogP contribution in [0.1, 0.15) is 41.8 Å². The average molecular weight is 208 g/mol. The van der Waals surface area contributed by atoms with E-state index in [1.54, 1.807) is 6.20 Å². The lowest BCUT2D eigenvalue weighted by Gasteiger charge is -2.26. The standard InChI is InChI=1S/C10H12N2O3/c1-5-3-8-7(6(2)15-5)4-11-9(12-8)10(13)14/h4-6H,3H2,1-2H3,(H,13,14). The fraction of sp³-hybridized carbons (Fsp3) is 0.500. The summed E-state index contributed by atoms with van der Waals surface area (Å²) in [7, 11) is 0. The maximum atomic E-state index is 10.7. The van der Waals surface area contributed by atoms with Crippen molar-refractivity contribution < 1.29 is 14.6 Å². The molecule has 0 spiro atoms. The fourth-order valence-corrected chi connectivity index (χ4v) is 1.77. The zero-order chi connectivity index (χ0) is 11.0. The number of carbonyl (C=O) groups is 1. The third-order valence-electron chi connectivity index (χ3n) is 2.45. The van der Waals surface area contributed by atoms with E-state index in [2.05, 4.69) is 9.97 Å². The topological polar surface area (TPSA) is 72.3 Å². The molecule has 15 heavy (non-hydrogen) atoms. The van der Waals surface area contributed by atoms with Gasteiger partial charge in [-0.1, -0.05) is 0 Å². The van der Waals surface area contributed by atoms with Crippen molar-refractivity contribution in [3.63, 3.8) is 0 Å². The monoisotopic (exact) mass is 208 g/mol. The molecule has 0 bridgehead atoms. The van der Waals surface area contributed by atoms with Crippen molar-refractivity contribution in [2.45, 2.75) is 32.5 Å². The second-order valence-electron chi connectivity index (χ2n) is 3.69. The van der Waals surface area contributed by atoms with Crippen LogP contribution in [0.3, 0.4) is 0 Å². The highest BCUT2D eigenvalue weighted by molar-refractivity contribution is 5.83. The first-order valence-corrected chi connectivity index (χ1v) is 4.82. The van der Waals surface area contributed by atoms with Gasteiger partial charge in [-0.15, -0.1) is 0 Å². The van der Waals surface area contributed by atoms with E-state index < -0.39 is 5.97 Å². The van der Waals surface area contributed by atoms with Crippen molar-refractivity contribution in [2.75, 3.05) is 0 Å². The SMILES string of the molecule is CC1Cc2nc(C(=O)O)ncc2C(C)O1. The van der Waals surface area contributed by atoms with Gasteiger partial charge in [0.25, 0.3) is 0 Å². The summed E-state index contributed by atoms with van der Waals surface area (Å²) in [6.45, 7) is 3.86. The van der Waals surface area contributed by atoms with E-state index in [0.717, 1.165) is 11.3 Å². The Morgan fingerprint density at radius 2 is 2.33 bits per heavy atom. The van der Waals surface area contributed by atoms with E-state index in [1.807, 2.05) is 13.8 Å². The Labute approximate surface area is 87.1 Å². The molecule has 0 aromatic carbocycles. The minimum absolute atomic E-state index is 0.0633. The molecule has 2 heterocycles. The molecule has 80 valence electrons. The largest absolute Gasteiger partial charge is 0.475 e. The molecule has 1 aliphatic rings. The van der Waals surface area contributed by atoms with Gasteiger partial charge in [0.2, 0.25) is 5.82 Å². The van der Waals surface area contributed by atoms with E-state index in [0.29, 0.717) is 6.42 Å². The molecule has 1 aromatic rings. The Balaban J connectivity index is 2.43. The molecule has 2 rings (SSSR count). The van der Waals surface area contributed by atoms with Crippen LogP contribution in [0.4, 0.5) is 0 Å². The molecule has 2 unspecified atom stereocenters. The van der Waals surface area contributed by atoms with E-state index in [1.165, 1.54) is 0 Å². The minimum atomic E-state index is -1.09. The molecule has 1 aromatic heterocycles. The van der Waals surface area contributed by atoms with E-state index in [4.69, 9.17) is 9.84 Å². The summed E-state index contributed by atoms with van der Waals surface area (Å²) in [5.41, 5.74) is 1.67. The lowest BCUT2D eigenvalue weighted by Crippen LogP contribution is -2.24. The molecule has 0 saturated carbocycles. The average Bonchev–Trinajstić information content (AvgIpc) is 2.16. The summed E-state index contributed by atoms with van der Waals surface area (Å²) >= 11 is 0. The van der Waals surface area contributed by atoms with Gasteiger partial charge in [-0.25, -0.2) is 14.8 Å². The molecule has 0 aliphatic carbocycles. The quantitative estimate of drug-likeness (QED) is 0.750. The van der Waals surface area contributed by atoms with Crippen LogP contribution in [0.5, 0.6) is 0 Å². The summed E-state index contributed by atoms with van der Waals surface area (Å²) in [6.07, 6.45) is 2.20. The summed E-state index contributed by atoms with van der Waals surface area (Å²) in [5.74, 6) is -1.24. The third-order valence-corrected chi connectivity index (χ3v) is 2.45. The zero-order valence-corrected chi connectivity index (χ0v) is 8.60. The van der Waals surface area contributed by atoms with Crippen LogP contribution in [0.25, 0.3) is 0 Å². The van der Waals surface area contributed by atoms with Crippen LogP contribution in [0, 0.1) is 0 Å². The summed E-state index contributed by atoms with van der Waals surface area (Å²) < 4.78 is 5.59. The smallest absolute Gasteiger partial charge is 0.373 e. The zero-order valence-electron chi connectivity index (χ0n) is 8.60. The van der Waals surface area contributed by atoms with Crippen molar-refractivity contribution in [3.05, 3.63) is 23.3 Å². The third kappa shape index (κ3) is 1.83. The van der Waals surface area contributed by atoms with Gasteiger partial charge in [-0.2, -0.15) is 0 Å². The van der Waals surface area contributed by atoms with Crippen LogP contribution >= 0.6 is 0 Å². The Morgan fingerprint density at radius 1 is 1.60 bits per heavy atom. The molecule has 0 fully saturated rings. The maximum absolute atomic E-state index is 10.7. The highest BCUT2D eigenvalue weighted by atomic mass is 16.5.